The summed E-state index contributed by atoms with van der Waals surface area (Å²) in [6.07, 6.45) is 1.89. The van der Waals surface area contributed by atoms with E-state index in [0.717, 1.165) is 25.5 Å². The van der Waals surface area contributed by atoms with Gasteiger partial charge in [0.25, 0.3) is 5.91 Å². The van der Waals surface area contributed by atoms with Crippen molar-refractivity contribution in [2.24, 2.45) is 0 Å². The quantitative estimate of drug-likeness (QED) is 0.871. The zero-order valence-corrected chi connectivity index (χ0v) is 12.1. The predicted molar refractivity (Wildman–Crippen MR) is 74.4 cm³/mol. The highest BCUT2D eigenvalue weighted by molar-refractivity contribution is 6.36. The lowest BCUT2D eigenvalue weighted by Crippen LogP contribution is -2.41. The van der Waals surface area contributed by atoms with E-state index in [0.29, 0.717) is 6.54 Å². The number of carbonyl (C=O) groups excluding carboxylic acids is 1. The van der Waals surface area contributed by atoms with Crippen LogP contribution in [0.25, 0.3) is 0 Å². The Balaban J connectivity index is 2.26. The summed E-state index contributed by atoms with van der Waals surface area (Å²) in [6.45, 7) is 1.39. The second-order valence-corrected chi connectivity index (χ2v) is 5.41. The second kappa shape index (κ2) is 6.07. The number of carbonyl (C=O) groups is 1. The minimum Gasteiger partial charge on any atom is -0.334 e. The smallest absolute Gasteiger partial charge is 0.255 e. The van der Waals surface area contributed by atoms with Crippen molar-refractivity contribution in [2.45, 2.75) is 18.9 Å². The molecular formula is C13H15Cl2FN2O. The normalized spacial score (nSPS) is 18.9. The first kappa shape index (κ1) is 14.6. The van der Waals surface area contributed by atoms with Gasteiger partial charge in [-0.1, -0.05) is 23.2 Å². The van der Waals surface area contributed by atoms with Crippen molar-refractivity contribution in [2.75, 3.05) is 20.1 Å². The molecule has 1 atom stereocenters. The van der Waals surface area contributed by atoms with Gasteiger partial charge in [-0.3, -0.25) is 4.79 Å². The highest BCUT2D eigenvalue weighted by atomic mass is 35.5. The van der Waals surface area contributed by atoms with E-state index in [1.807, 2.05) is 7.05 Å². The van der Waals surface area contributed by atoms with Crippen LogP contribution in [-0.2, 0) is 0 Å². The molecule has 6 heteroatoms. The Morgan fingerprint density at radius 2 is 2.21 bits per heavy atom. The van der Waals surface area contributed by atoms with Crippen LogP contribution >= 0.6 is 23.2 Å². The number of benzene rings is 1. The first-order chi connectivity index (χ1) is 9.04. The lowest BCUT2D eigenvalue weighted by molar-refractivity contribution is 0.0736. The minimum atomic E-state index is -0.626. The van der Waals surface area contributed by atoms with E-state index in [9.17, 15) is 9.18 Å². The summed E-state index contributed by atoms with van der Waals surface area (Å²) < 4.78 is 13.5. The van der Waals surface area contributed by atoms with Crippen molar-refractivity contribution in [1.82, 2.24) is 10.2 Å². The van der Waals surface area contributed by atoms with Crippen molar-refractivity contribution < 1.29 is 9.18 Å². The lowest BCUT2D eigenvalue weighted by atomic mass is 10.1. The molecule has 1 heterocycles. The van der Waals surface area contributed by atoms with Crippen molar-refractivity contribution in [3.05, 3.63) is 33.6 Å². The fourth-order valence-corrected chi connectivity index (χ4v) is 2.86. The monoisotopic (exact) mass is 304 g/mol. The van der Waals surface area contributed by atoms with Crippen LogP contribution in [0.1, 0.15) is 23.2 Å². The van der Waals surface area contributed by atoms with Gasteiger partial charge in [-0.25, -0.2) is 4.39 Å². The molecule has 1 aliphatic rings. The number of nitrogens with zero attached hydrogens (tertiary/aromatic N) is 1. The lowest BCUT2D eigenvalue weighted by Gasteiger charge is -2.25. The highest BCUT2D eigenvalue weighted by Gasteiger charge is 2.30. The minimum absolute atomic E-state index is 0.0743. The van der Waals surface area contributed by atoms with E-state index in [4.69, 9.17) is 23.2 Å². The topological polar surface area (TPSA) is 32.3 Å². The van der Waals surface area contributed by atoms with Crippen molar-refractivity contribution >= 4 is 29.1 Å². The molecule has 1 N–H and O–H groups in total. The van der Waals surface area contributed by atoms with Gasteiger partial charge < -0.3 is 10.2 Å². The van der Waals surface area contributed by atoms with E-state index >= 15 is 0 Å². The Hall–Kier alpha value is -0.840. The second-order valence-electron chi connectivity index (χ2n) is 4.60. The highest BCUT2D eigenvalue weighted by Crippen LogP contribution is 2.27. The fourth-order valence-electron chi connectivity index (χ4n) is 2.39. The fraction of sp³-hybridized carbons (Fsp3) is 0.462. The van der Waals surface area contributed by atoms with Crippen LogP contribution in [0.2, 0.25) is 10.0 Å². The van der Waals surface area contributed by atoms with Gasteiger partial charge in [0, 0.05) is 19.1 Å². The number of amides is 1. The largest absolute Gasteiger partial charge is 0.334 e. The molecule has 0 bridgehead atoms. The van der Waals surface area contributed by atoms with Crippen LogP contribution in [0.5, 0.6) is 0 Å². The molecule has 0 unspecified atom stereocenters. The molecule has 19 heavy (non-hydrogen) atoms. The van der Waals surface area contributed by atoms with Gasteiger partial charge in [-0.15, -0.1) is 0 Å². The number of halogens is 3. The van der Waals surface area contributed by atoms with Crippen LogP contribution in [0.15, 0.2) is 12.1 Å². The van der Waals surface area contributed by atoms with Crippen LogP contribution in [0.4, 0.5) is 4.39 Å². The maximum absolute atomic E-state index is 13.5. The van der Waals surface area contributed by atoms with Crippen LogP contribution in [-0.4, -0.2) is 37.0 Å². The molecule has 1 saturated heterocycles. The maximum atomic E-state index is 13.5. The van der Waals surface area contributed by atoms with Gasteiger partial charge >= 0.3 is 0 Å². The van der Waals surface area contributed by atoms with Gasteiger partial charge in [0.2, 0.25) is 0 Å². The summed E-state index contributed by atoms with van der Waals surface area (Å²) in [5.74, 6) is -0.864. The van der Waals surface area contributed by atoms with Crippen molar-refractivity contribution in [3.63, 3.8) is 0 Å². The molecule has 104 valence electrons. The molecule has 0 radical (unpaired) electrons. The van der Waals surface area contributed by atoms with E-state index in [2.05, 4.69) is 5.32 Å². The number of likely N-dealkylation sites (N-methyl/N-ethyl adjacent to an activating group) is 1. The van der Waals surface area contributed by atoms with Crippen LogP contribution < -0.4 is 5.32 Å². The van der Waals surface area contributed by atoms with Crippen LogP contribution in [0.3, 0.4) is 0 Å². The van der Waals surface area contributed by atoms with Crippen LogP contribution in [0, 0.1) is 5.82 Å². The first-order valence-electron chi connectivity index (χ1n) is 6.14. The maximum Gasteiger partial charge on any atom is 0.255 e. The number of likely N-dealkylation sites (tertiary alicyclic amines) is 1. The van der Waals surface area contributed by atoms with Crippen molar-refractivity contribution in [1.29, 1.82) is 0 Å². The first-order valence-corrected chi connectivity index (χ1v) is 6.90. The molecule has 0 spiro atoms. The molecule has 0 aromatic heterocycles. The number of hydrogen-bond donors (Lipinski definition) is 1. The van der Waals surface area contributed by atoms with E-state index in [-0.39, 0.29) is 27.6 Å². The van der Waals surface area contributed by atoms with Gasteiger partial charge in [-0.2, -0.15) is 0 Å². The molecule has 2 rings (SSSR count). The summed E-state index contributed by atoms with van der Waals surface area (Å²) in [6, 6.07) is 2.52. The zero-order chi connectivity index (χ0) is 14.0. The number of rotatable bonds is 3. The van der Waals surface area contributed by atoms with E-state index < -0.39 is 5.82 Å². The average molecular weight is 305 g/mol. The molecule has 3 nitrogen and oxygen atoms in total. The third kappa shape index (κ3) is 3.02. The SMILES string of the molecule is CNC[C@H]1CCCN1C(=O)c1cc(F)c(Cl)cc1Cl. The molecule has 1 fully saturated rings. The molecule has 1 amide bonds. The predicted octanol–water partition coefficient (Wildman–Crippen LogP) is 2.96. The molecule has 1 aromatic carbocycles. The summed E-state index contributed by atoms with van der Waals surface area (Å²) in [7, 11) is 1.84. The Labute approximate surface area is 121 Å². The van der Waals surface area contributed by atoms with Crippen molar-refractivity contribution in [3.8, 4) is 0 Å². The Bertz CT molecular complexity index is 496. The Morgan fingerprint density at radius 1 is 1.47 bits per heavy atom. The van der Waals surface area contributed by atoms with Gasteiger partial charge in [0.05, 0.1) is 15.6 Å². The molecule has 1 aliphatic heterocycles. The Morgan fingerprint density at radius 3 is 2.89 bits per heavy atom. The number of hydrogen-bond acceptors (Lipinski definition) is 2. The van der Waals surface area contributed by atoms with Gasteiger partial charge in [-0.05, 0) is 32.0 Å². The zero-order valence-electron chi connectivity index (χ0n) is 10.5. The van der Waals surface area contributed by atoms with E-state index in [1.54, 1.807) is 4.90 Å². The third-order valence-corrected chi connectivity index (χ3v) is 3.92. The number of nitrogens with one attached hydrogen (secondary N) is 1. The standard InChI is InChI=1S/C13H15Cl2FN2O/c1-17-7-8-3-2-4-18(8)13(19)9-5-12(16)11(15)6-10(9)14/h5-6,8,17H,2-4,7H2,1H3/t8-/m1/s1. The summed E-state index contributed by atoms with van der Waals surface area (Å²) in [5, 5.41) is 3.17. The Kier molecular flexibility index (Phi) is 4.66. The molecule has 0 saturated carbocycles. The summed E-state index contributed by atoms with van der Waals surface area (Å²) in [4.78, 5) is 14.2. The van der Waals surface area contributed by atoms with Gasteiger partial charge in [0.1, 0.15) is 5.82 Å². The van der Waals surface area contributed by atoms with E-state index in [1.165, 1.54) is 6.07 Å². The average Bonchev–Trinajstić information content (AvgIpc) is 2.82. The summed E-state index contributed by atoms with van der Waals surface area (Å²) in [5.41, 5.74) is 0.173. The summed E-state index contributed by atoms with van der Waals surface area (Å²) >= 11 is 11.6. The molecule has 1 aromatic rings. The molecule has 0 aliphatic carbocycles. The van der Waals surface area contributed by atoms with Gasteiger partial charge in [0.15, 0.2) is 0 Å². The third-order valence-electron chi connectivity index (χ3n) is 3.32. The molecular weight excluding hydrogens is 290 g/mol.